The number of thiophene rings is 1. The maximum atomic E-state index is 13.6. The number of amides is 2. The van der Waals surface area contributed by atoms with Gasteiger partial charge in [0.1, 0.15) is 0 Å². The van der Waals surface area contributed by atoms with Crippen molar-refractivity contribution in [2.45, 2.75) is 76.9 Å². The van der Waals surface area contributed by atoms with Crippen LogP contribution in [-0.4, -0.2) is 45.9 Å². The fraction of sp³-hybridized carbons (Fsp3) is 0.545. The quantitative estimate of drug-likeness (QED) is 0.373. The molecule has 0 bridgehead atoms. The SMILES string of the molecule is CC12CCC(O)CC1=CC=C1C2CCC2(C)C1CCC2(O)CN(CCc1cccs1)C(=O)Nc1ccccc1. The highest BCUT2D eigenvalue weighted by atomic mass is 32.1. The molecule has 39 heavy (non-hydrogen) atoms. The Morgan fingerprint density at radius 1 is 1.03 bits per heavy atom. The second-order valence-electron chi connectivity index (χ2n) is 12.9. The lowest BCUT2D eigenvalue weighted by Gasteiger charge is -2.56. The Kier molecular flexibility index (Phi) is 7.01. The number of anilines is 1. The van der Waals surface area contributed by atoms with Gasteiger partial charge in [-0.05, 0) is 92.2 Å². The van der Waals surface area contributed by atoms with E-state index >= 15 is 0 Å². The summed E-state index contributed by atoms with van der Waals surface area (Å²) in [5, 5.41) is 27.9. The standard InChI is InChI=1S/C33H42N2O3S/c1-31-16-12-25(36)21-23(31)10-11-27-28(31)13-17-32(2)29(27)14-18-33(32,38)22-35(19-15-26-9-6-20-39-26)30(37)34-24-7-4-3-5-8-24/h3-11,20,25,28-29,36,38H,12-19,21-22H2,1-2H3,(H,34,37). The van der Waals surface area contributed by atoms with Crippen LogP contribution in [0.2, 0.25) is 0 Å². The molecule has 3 fully saturated rings. The third kappa shape index (κ3) is 4.68. The average molecular weight is 547 g/mol. The number of carbonyl (C=O) groups is 1. The van der Waals surface area contributed by atoms with Crippen LogP contribution >= 0.6 is 11.3 Å². The predicted octanol–water partition coefficient (Wildman–Crippen LogP) is 6.80. The molecule has 0 saturated heterocycles. The number of para-hydroxylation sites is 1. The molecule has 0 spiro atoms. The Bertz CT molecular complexity index is 1260. The van der Waals surface area contributed by atoms with E-state index in [2.05, 4.69) is 42.8 Å². The molecule has 208 valence electrons. The first-order chi connectivity index (χ1) is 18.7. The van der Waals surface area contributed by atoms with Crippen molar-refractivity contribution in [3.8, 4) is 0 Å². The van der Waals surface area contributed by atoms with Crippen molar-refractivity contribution in [2.75, 3.05) is 18.4 Å². The lowest BCUT2D eigenvalue weighted by Crippen LogP contribution is -2.57. The summed E-state index contributed by atoms with van der Waals surface area (Å²) in [6.07, 6.45) is 11.6. The first kappa shape index (κ1) is 26.8. The number of aliphatic hydroxyl groups excluding tert-OH is 1. The molecule has 6 rings (SSSR count). The molecule has 3 N–H and O–H groups in total. The topological polar surface area (TPSA) is 72.8 Å². The van der Waals surface area contributed by atoms with Gasteiger partial charge in [-0.3, -0.25) is 0 Å². The summed E-state index contributed by atoms with van der Waals surface area (Å²) >= 11 is 1.71. The molecule has 1 aromatic heterocycles. The lowest BCUT2D eigenvalue weighted by molar-refractivity contribution is -0.0958. The summed E-state index contributed by atoms with van der Waals surface area (Å²) in [7, 11) is 0. The van der Waals surface area contributed by atoms with Crippen molar-refractivity contribution >= 4 is 23.1 Å². The van der Waals surface area contributed by atoms with Crippen molar-refractivity contribution in [1.82, 2.24) is 4.90 Å². The summed E-state index contributed by atoms with van der Waals surface area (Å²) in [5.41, 5.74) is 2.58. The number of carbonyl (C=O) groups excluding carboxylic acids is 1. The van der Waals surface area contributed by atoms with Crippen molar-refractivity contribution < 1.29 is 15.0 Å². The zero-order valence-electron chi connectivity index (χ0n) is 23.2. The molecule has 6 unspecified atom stereocenters. The Labute approximate surface area is 236 Å². The van der Waals surface area contributed by atoms with Crippen LogP contribution in [0.25, 0.3) is 0 Å². The molecule has 5 nitrogen and oxygen atoms in total. The van der Waals surface area contributed by atoms with Crippen LogP contribution in [0.5, 0.6) is 0 Å². The number of aliphatic hydroxyl groups is 2. The van der Waals surface area contributed by atoms with E-state index in [1.165, 1.54) is 16.0 Å². The minimum atomic E-state index is -0.944. The molecule has 1 heterocycles. The Balaban J connectivity index is 1.25. The minimum Gasteiger partial charge on any atom is -0.393 e. The van der Waals surface area contributed by atoms with Gasteiger partial charge in [0, 0.05) is 22.5 Å². The molecule has 2 aromatic rings. The number of rotatable bonds is 6. The van der Waals surface area contributed by atoms with E-state index in [-0.39, 0.29) is 23.0 Å². The highest BCUT2D eigenvalue weighted by Gasteiger charge is 2.62. The van der Waals surface area contributed by atoms with Crippen LogP contribution in [0.3, 0.4) is 0 Å². The van der Waals surface area contributed by atoms with Crippen LogP contribution in [0.15, 0.2) is 71.1 Å². The average Bonchev–Trinajstić information content (AvgIpc) is 3.53. The van der Waals surface area contributed by atoms with Gasteiger partial charge in [-0.2, -0.15) is 0 Å². The maximum Gasteiger partial charge on any atom is 0.321 e. The zero-order chi connectivity index (χ0) is 27.3. The summed E-state index contributed by atoms with van der Waals surface area (Å²) in [6, 6.07) is 13.6. The maximum absolute atomic E-state index is 13.6. The van der Waals surface area contributed by atoms with E-state index in [0.717, 1.165) is 50.6 Å². The highest BCUT2D eigenvalue weighted by Crippen LogP contribution is 2.66. The summed E-state index contributed by atoms with van der Waals surface area (Å²) < 4.78 is 0. The molecular weight excluding hydrogens is 504 g/mol. The Morgan fingerprint density at radius 3 is 2.59 bits per heavy atom. The van der Waals surface area contributed by atoms with Crippen molar-refractivity contribution in [2.24, 2.45) is 22.7 Å². The first-order valence-electron chi connectivity index (χ1n) is 14.7. The number of urea groups is 1. The number of hydrogen-bond acceptors (Lipinski definition) is 4. The molecule has 3 saturated carbocycles. The largest absolute Gasteiger partial charge is 0.393 e. The molecule has 1 aromatic carbocycles. The van der Waals surface area contributed by atoms with E-state index in [4.69, 9.17) is 0 Å². The normalized spacial score (nSPS) is 35.2. The molecule has 0 aliphatic heterocycles. The Morgan fingerprint density at radius 2 is 1.82 bits per heavy atom. The molecule has 2 amide bonds. The van der Waals surface area contributed by atoms with E-state index in [1.807, 2.05) is 41.3 Å². The van der Waals surface area contributed by atoms with Crippen LogP contribution in [-0.2, 0) is 6.42 Å². The van der Waals surface area contributed by atoms with Crippen molar-refractivity contribution in [1.29, 1.82) is 0 Å². The number of hydrogen-bond donors (Lipinski definition) is 3. The van der Waals surface area contributed by atoms with Crippen LogP contribution in [0.1, 0.15) is 63.7 Å². The molecule has 0 radical (unpaired) electrons. The smallest absolute Gasteiger partial charge is 0.321 e. The van der Waals surface area contributed by atoms with Crippen LogP contribution in [0.4, 0.5) is 10.5 Å². The zero-order valence-corrected chi connectivity index (χ0v) is 24.1. The van der Waals surface area contributed by atoms with E-state index in [1.54, 1.807) is 11.3 Å². The first-order valence-corrected chi connectivity index (χ1v) is 15.5. The third-order valence-corrected chi connectivity index (χ3v) is 11.8. The van der Waals surface area contributed by atoms with Crippen LogP contribution in [0, 0.1) is 22.7 Å². The second kappa shape index (κ2) is 10.2. The fourth-order valence-electron chi connectivity index (χ4n) is 8.35. The third-order valence-electron chi connectivity index (χ3n) is 10.8. The van der Waals surface area contributed by atoms with Gasteiger partial charge in [0.15, 0.2) is 0 Å². The number of benzene rings is 1. The number of fused-ring (bicyclic) bond motifs is 5. The van der Waals surface area contributed by atoms with Gasteiger partial charge in [-0.15, -0.1) is 11.3 Å². The number of allylic oxidation sites excluding steroid dienone is 3. The van der Waals surface area contributed by atoms with E-state index in [0.29, 0.717) is 31.3 Å². The van der Waals surface area contributed by atoms with E-state index in [9.17, 15) is 15.0 Å². The molecule has 4 aliphatic carbocycles. The lowest BCUT2D eigenvalue weighted by atomic mass is 9.50. The highest BCUT2D eigenvalue weighted by molar-refractivity contribution is 7.09. The van der Waals surface area contributed by atoms with Gasteiger partial charge in [0.25, 0.3) is 0 Å². The Hall–Kier alpha value is -2.41. The molecular formula is C33H42N2O3S. The van der Waals surface area contributed by atoms with Gasteiger partial charge in [-0.1, -0.05) is 61.4 Å². The summed E-state index contributed by atoms with van der Waals surface area (Å²) in [6.45, 7) is 5.60. The number of nitrogens with one attached hydrogen (secondary N) is 1. The molecule has 6 atom stereocenters. The summed E-state index contributed by atoms with van der Waals surface area (Å²) in [5.74, 6) is 0.806. The van der Waals surface area contributed by atoms with Gasteiger partial charge in [0.2, 0.25) is 0 Å². The minimum absolute atomic E-state index is 0.119. The summed E-state index contributed by atoms with van der Waals surface area (Å²) in [4.78, 5) is 16.7. The van der Waals surface area contributed by atoms with Crippen molar-refractivity contribution in [3.63, 3.8) is 0 Å². The molecule has 4 aliphatic rings. The van der Waals surface area contributed by atoms with Gasteiger partial charge in [0.05, 0.1) is 18.2 Å². The van der Waals surface area contributed by atoms with Crippen molar-refractivity contribution in [3.05, 3.63) is 76.0 Å². The monoisotopic (exact) mass is 546 g/mol. The fourth-order valence-corrected chi connectivity index (χ4v) is 9.04. The van der Waals surface area contributed by atoms with Gasteiger partial charge < -0.3 is 20.4 Å². The number of nitrogens with zero attached hydrogens (tertiary/aromatic N) is 1. The van der Waals surface area contributed by atoms with Gasteiger partial charge in [-0.25, -0.2) is 4.79 Å². The predicted molar refractivity (Wildman–Crippen MR) is 158 cm³/mol. The molecule has 6 heteroatoms. The van der Waals surface area contributed by atoms with Gasteiger partial charge >= 0.3 is 6.03 Å². The van der Waals surface area contributed by atoms with Crippen LogP contribution < -0.4 is 5.32 Å². The van der Waals surface area contributed by atoms with E-state index < -0.39 is 5.60 Å². The second-order valence-corrected chi connectivity index (χ2v) is 13.9.